The van der Waals surface area contributed by atoms with Crippen LogP contribution in [0.1, 0.15) is 92.9 Å². The van der Waals surface area contributed by atoms with E-state index in [2.05, 4.69) is 34.6 Å². The average molecular weight is 475 g/mol. The first-order valence-electron chi connectivity index (χ1n) is 13.7. The van der Waals surface area contributed by atoms with E-state index in [-0.39, 0.29) is 40.5 Å². The summed E-state index contributed by atoms with van der Waals surface area (Å²) in [5.41, 5.74) is 1.12. The van der Waals surface area contributed by atoms with Crippen molar-refractivity contribution in [2.45, 2.75) is 111 Å². The van der Waals surface area contributed by atoms with E-state index in [0.29, 0.717) is 36.5 Å². The van der Waals surface area contributed by atoms with E-state index in [1.54, 1.807) is 0 Å². The Kier molecular flexibility index (Phi) is 7.12. The fourth-order valence-corrected chi connectivity index (χ4v) is 8.65. The Morgan fingerprint density at radius 1 is 1.09 bits per heavy atom. The number of fused-ring (bicyclic) bond motifs is 5. The largest absolute Gasteiger partial charge is 0.460 e. The van der Waals surface area contributed by atoms with Crippen molar-refractivity contribution in [2.24, 2.45) is 46.3 Å². The summed E-state index contributed by atoms with van der Waals surface area (Å²) in [6.45, 7) is 12.6. The molecular weight excluding hydrogens is 428 g/mol. The molecule has 3 saturated carbocycles. The maximum atomic E-state index is 13.4. The molecule has 0 bridgehead atoms. The van der Waals surface area contributed by atoms with Gasteiger partial charge in [-0.3, -0.25) is 9.59 Å². The highest BCUT2D eigenvalue weighted by Gasteiger charge is 2.61. The first-order valence-corrected chi connectivity index (χ1v) is 13.7. The highest BCUT2D eigenvalue weighted by molar-refractivity contribution is 5.94. The van der Waals surface area contributed by atoms with Crippen LogP contribution in [0.2, 0.25) is 0 Å². The van der Waals surface area contributed by atoms with Crippen molar-refractivity contribution in [3.05, 3.63) is 11.6 Å². The number of allylic oxidation sites excluding steroid dienone is 2. The Labute approximate surface area is 205 Å². The summed E-state index contributed by atoms with van der Waals surface area (Å²) in [5, 5.41) is 21.6. The lowest BCUT2D eigenvalue weighted by Gasteiger charge is -2.58. The molecule has 0 aromatic carbocycles. The van der Waals surface area contributed by atoms with Gasteiger partial charge >= 0.3 is 5.97 Å². The molecule has 34 heavy (non-hydrogen) atoms. The van der Waals surface area contributed by atoms with Crippen molar-refractivity contribution in [3.63, 3.8) is 0 Å². The fraction of sp³-hybridized carbons (Fsp3) is 0.862. The minimum Gasteiger partial charge on any atom is -0.460 e. The van der Waals surface area contributed by atoms with Gasteiger partial charge in [0.05, 0.1) is 12.2 Å². The number of rotatable bonds is 6. The molecule has 0 heterocycles. The van der Waals surface area contributed by atoms with Gasteiger partial charge in [0, 0.05) is 12.8 Å². The van der Waals surface area contributed by atoms with Crippen LogP contribution in [-0.2, 0) is 14.3 Å². The quantitative estimate of drug-likeness (QED) is 0.525. The Balaban J connectivity index is 1.58. The van der Waals surface area contributed by atoms with Crippen LogP contribution in [0.3, 0.4) is 0 Å². The topological polar surface area (TPSA) is 83.8 Å². The SMILES string of the molecule is CC(=O)O[C@H]1C[C@@]2(C)[C@H](C[C@H]1O)C(=O)C=C1[C@@H]2CC[C@]2(C)[C@@H]([C@H](C)[C@H](O)CCC(C)C)CC[C@@H]12. The number of aliphatic hydroxyl groups excluding tert-OH is 2. The number of ketones is 1. The second-order valence-corrected chi connectivity index (χ2v) is 13.0. The van der Waals surface area contributed by atoms with Crippen LogP contribution < -0.4 is 0 Å². The molecule has 3 fully saturated rings. The molecule has 2 N–H and O–H groups in total. The predicted octanol–water partition coefficient (Wildman–Crippen LogP) is 5.08. The van der Waals surface area contributed by atoms with Crippen LogP contribution in [0.15, 0.2) is 11.6 Å². The van der Waals surface area contributed by atoms with Gasteiger partial charge in [0.2, 0.25) is 0 Å². The highest BCUT2D eigenvalue weighted by atomic mass is 16.6. The number of hydrogen-bond donors (Lipinski definition) is 2. The zero-order chi connectivity index (χ0) is 25.0. The number of carbonyl (C=O) groups is 2. The van der Waals surface area contributed by atoms with Gasteiger partial charge in [-0.15, -0.1) is 0 Å². The summed E-state index contributed by atoms with van der Waals surface area (Å²) in [6.07, 6.45) is 7.49. The maximum Gasteiger partial charge on any atom is 0.302 e. The van der Waals surface area contributed by atoms with Gasteiger partial charge in [0.25, 0.3) is 0 Å². The Hall–Kier alpha value is -1.20. The van der Waals surface area contributed by atoms with Gasteiger partial charge in [0.15, 0.2) is 5.78 Å². The molecule has 0 spiro atoms. The zero-order valence-corrected chi connectivity index (χ0v) is 22.0. The molecule has 0 radical (unpaired) electrons. The molecule has 5 heteroatoms. The third-order valence-corrected chi connectivity index (χ3v) is 10.6. The molecule has 0 unspecified atom stereocenters. The predicted molar refractivity (Wildman–Crippen MR) is 132 cm³/mol. The first kappa shape index (κ1) is 25.9. The van der Waals surface area contributed by atoms with E-state index in [4.69, 9.17) is 4.74 Å². The molecule has 0 aliphatic heterocycles. The van der Waals surface area contributed by atoms with Crippen molar-refractivity contribution >= 4 is 11.8 Å². The molecule has 4 rings (SSSR count). The van der Waals surface area contributed by atoms with E-state index in [1.165, 1.54) is 12.5 Å². The molecule has 0 aromatic rings. The Morgan fingerprint density at radius 3 is 2.41 bits per heavy atom. The smallest absolute Gasteiger partial charge is 0.302 e. The Morgan fingerprint density at radius 2 is 1.76 bits per heavy atom. The summed E-state index contributed by atoms with van der Waals surface area (Å²) in [6, 6.07) is 0. The molecule has 4 aliphatic rings. The van der Waals surface area contributed by atoms with Crippen LogP contribution in [0.5, 0.6) is 0 Å². The monoisotopic (exact) mass is 474 g/mol. The fourth-order valence-electron chi connectivity index (χ4n) is 8.65. The van der Waals surface area contributed by atoms with E-state index in [9.17, 15) is 19.8 Å². The van der Waals surface area contributed by atoms with Crippen LogP contribution in [0.25, 0.3) is 0 Å². The van der Waals surface area contributed by atoms with E-state index in [1.807, 2.05) is 6.08 Å². The second kappa shape index (κ2) is 9.35. The normalized spacial score (nSPS) is 43.4. The van der Waals surface area contributed by atoms with Gasteiger partial charge in [0.1, 0.15) is 6.10 Å². The standard InChI is InChI=1S/C29H46O5/c1-16(2)7-10-24(31)17(3)20-8-9-21-19-13-25(32)23-14-26(33)27(34-18(4)30)15-29(23,6)22(19)11-12-28(20,21)5/h13,16-17,20-24,26-27,31,33H,7-12,14-15H2,1-6H3/t17-,20+,21-,22-,23+,24+,26+,27-,28+,29+/m0/s1. The van der Waals surface area contributed by atoms with E-state index >= 15 is 0 Å². The first-order chi connectivity index (χ1) is 15.9. The summed E-state index contributed by atoms with van der Waals surface area (Å²) in [7, 11) is 0. The third kappa shape index (κ3) is 4.30. The number of esters is 1. The van der Waals surface area contributed by atoms with Crippen LogP contribution in [-0.4, -0.2) is 40.3 Å². The second-order valence-electron chi connectivity index (χ2n) is 13.0. The van der Waals surface area contributed by atoms with Crippen molar-refractivity contribution in [2.75, 3.05) is 0 Å². The molecule has 192 valence electrons. The van der Waals surface area contributed by atoms with Gasteiger partial charge < -0.3 is 14.9 Å². The number of ether oxygens (including phenoxy) is 1. The van der Waals surface area contributed by atoms with E-state index in [0.717, 1.165) is 38.5 Å². The van der Waals surface area contributed by atoms with E-state index < -0.39 is 12.2 Å². The zero-order valence-electron chi connectivity index (χ0n) is 22.0. The summed E-state index contributed by atoms with van der Waals surface area (Å²) in [5.74, 6) is 1.55. The number of hydrogen-bond acceptors (Lipinski definition) is 5. The minimum atomic E-state index is -0.779. The van der Waals surface area contributed by atoms with Gasteiger partial charge in [-0.05, 0) is 97.9 Å². The lowest BCUT2D eigenvalue weighted by atomic mass is 9.47. The van der Waals surface area contributed by atoms with Crippen molar-refractivity contribution < 1.29 is 24.5 Å². The average Bonchev–Trinajstić information content (AvgIpc) is 3.10. The lowest BCUT2D eigenvalue weighted by Crippen LogP contribution is -2.56. The van der Waals surface area contributed by atoms with Crippen LogP contribution in [0.4, 0.5) is 0 Å². The Bertz CT molecular complexity index is 832. The van der Waals surface area contributed by atoms with Crippen LogP contribution in [0, 0.1) is 46.3 Å². The molecule has 0 amide bonds. The maximum absolute atomic E-state index is 13.4. The molecule has 0 aromatic heterocycles. The van der Waals surface area contributed by atoms with Gasteiger partial charge in [-0.25, -0.2) is 0 Å². The number of aliphatic hydroxyl groups is 2. The summed E-state index contributed by atoms with van der Waals surface area (Å²) < 4.78 is 5.51. The van der Waals surface area contributed by atoms with Crippen molar-refractivity contribution in [1.29, 1.82) is 0 Å². The van der Waals surface area contributed by atoms with Crippen molar-refractivity contribution in [1.82, 2.24) is 0 Å². The summed E-state index contributed by atoms with van der Waals surface area (Å²) >= 11 is 0. The number of carbonyl (C=O) groups excluding carboxylic acids is 2. The third-order valence-electron chi connectivity index (χ3n) is 10.6. The molecule has 0 saturated heterocycles. The molecular formula is C29H46O5. The molecule has 5 nitrogen and oxygen atoms in total. The van der Waals surface area contributed by atoms with Crippen molar-refractivity contribution in [3.8, 4) is 0 Å². The lowest BCUT2D eigenvalue weighted by molar-refractivity contribution is -0.169. The highest BCUT2D eigenvalue weighted by Crippen LogP contribution is 2.66. The van der Waals surface area contributed by atoms with Gasteiger partial charge in [-0.2, -0.15) is 0 Å². The van der Waals surface area contributed by atoms with Crippen LogP contribution >= 0.6 is 0 Å². The minimum absolute atomic E-state index is 0.105. The van der Waals surface area contributed by atoms with Gasteiger partial charge in [-0.1, -0.05) is 40.2 Å². The molecule has 10 atom stereocenters. The molecule has 4 aliphatic carbocycles. The summed E-state index contributed by atoms with van der Waals surface area (Å²) in [4.78, 5) is 25.1.